The van der Waals surface area contributed by atoms with Gasteiger partial charge in [0.1, 0.15) is 5.69 Å². The topological polar surface area (TPSA) is 56.1 Å². The number of hydrogen-bond acceptors (Lipinski definition) is 3. The van der Waals surface area contributed by atoms with Crippen LogP contribution in [0.2, 0.25) is 0 Å². The highest BCUT2D eigenvalue weighted by Gasteiger charge is 2.13. The summed E-state index contributed by atoms with van der Waals surface area (Å²) >= 11 is 2.10. The molecule has 0 aliphatic rings. The lowest BCUT2D eigenvalue weighted by Crippen LogP contribution is -2.27. The predicted molar refractivity (Wildman–Crippen MR) is 64.8 cm³/mol. The summed E-state index contributed by atoms with van der Waals surface area (Å²) < 4.78 is 7.33. The van der Waals surface area contributed by atoms with Gasteiger partial charge in [0.25, 0.3) is 5.91 Å². The van der Waals surface area contributed by atoms with Gasteiger partial charge in [-0.1, -0.05) is 0 Å². The fourth-order valence-corrected chi connectivity index (χ4v) is 1.89. The highest BCUT2D eigenvalue weighted by Crippen LogP contribution is 2.09. The molecule has 0 spiro atoms. The van der Waals surface area contributed by atoms with E-state index in [1.807, 2.05) is 0 Å². The number of hydrogen-bond donors (Lipinski definition) is 1. The first-order valence-electron chi connectivity index (χ1n) is 4.61. The molecule has 84 valence electrons. The zero-order valence-electron chi connectivity index (χ0n) is 8.79. The Kier molecular flexibility index (Phi) is 5.03. The third-order valence-electron chi connectivity index (χ3n) is 1.92. The van der Waals surface area contributed by atoms with Gasteiger partial charge < -0.3 is 10.1 Å². The number of amides is 1. The second-order valence-electron chi connectivity index (χ2n) is 3.07. The van der Waals surface area contributed by atoms with Crippen molar-refractivity contribution in [1.82, 2.24) is 15.1 Å². The van der Waals surface area contributed by atoms with Gasteiger partial charge in [0.15, 0.2) is 0 Å². The summed E-state index contributed by atoms with van der Waals surface area (Å²) in [6, 6.07) is 0. The summed E-state index contributed by atoms with van der Waals surface area (Å²) in [6.07, 6.45) is 2.49. The summed E-state index contributed by atoms with van der Waals surface area (Å²) in [6.45, 7) is 1.27. The van der Waals surface area contributed by atoms with Crippen molar-refractivity contribution in [3.8, 4) is 0 Å². The van der Waals surface area contributed by atoms with Gasteiger partial charge in [0, 0.05) is 27.3 Å². The minimum Gasteiger partial charge on any atom is -0.385 e. The van der Waals surface area contributed by atoms with Gasteiger partial charge in [0.2, 0.25) is 0 Å². The Labute approximate surface area is 102 Å². The van der Waals surface area contributed by atoms with E-state index in [0.717, 1.165) is 9.99 Å². The van der Waals surface area contributed by atoms with Crippen molar-refractivity contribution < 1.29 is 9.53 Å². The standard InChI is InChI=1S/C9H14IN3O2/c1-13-8(7(10)6-12-13)9(14)11-4-3-5-15-2/h6H,3-5H2,1-2H3,(H,11,14). The average molecular weight is 323 g/mol. The summed E-state index contributed by atoms with van der Waals surface area (Å²) in [4.78, 5) is 11.7. The van der Waals surface area contributed by atoms with E-state index in [1.165, 1.54) is 0 Å². The Morgan fingerprint density at radius 1 is 1.73 bits per heavy atom. The Balaban J connectivity index is 2.47. The van der Waals surface area contributed by atoms with Gasteiger partial charge in [-0.2, -0.15) is 5.10 Å². The molecule has 0 aromatic carbocycles. The number of aryl methyl sites for hydroxylation is 1. The molecule has 1 aromatic heterocycles. The lowest BCUT2D eigenvalue weighted by molar-refractivity contribution is 0.0938. The fraction of sp³-hybridized carbons (Fsp3) is 0.556. The molecular formula is C9H14IN3O2. The van der Waals surface area contributed by atoms with E-state index in [0.29, 0.717) is 18.8 Å². The SMILES string of the molecule is COCCCNC(=O)c1c(I)cnn1C. The maximum atomic E-state index is 11.7. The van der Waals surface area contributed by atoms with Crippen molar-refractivity contribution in [3.05, 3.63) is 15.5 Å². The molecule has 0 aliphatic carbocycles. The zero-order valence-corrected chi connectivity index (χ0v) is 10.9. The first-order valence-corrected chi connectivity index (χ1v) is 5.69. The number of aromatic nitrogens is 2. The van der Waals surface area contributed by atoms with Crippen LogP contribution in [0.15, 0.2) is 6.20 Å². The van der Waals surface area contributed by atoms with E-state index >= 15 is 0 Å². The van der Waals surface area contributed by atoms with Crippen molar-refractivity contribution in [2.75, 3.05) is 20.3 Å². The Hall–Kier alpha value is -0.630. The minimum absolute atomic E-state index is 0.0875. The van der Waals surface area contributed by atoms with E-state index in [1.54, 1.807) is 25.0 Å². The highest BCUT2D eigenvalue weighted by atomic mass is 127. The van der Waals surface area contributed by atoms with Crippen LogP contribution in [-0.2, 0) is 11.8 Å². The second-order valence-corrected chi connectivity index (χ2v) is 4.23. The van der Waals surface area contributed by atoms with Crippen LogP contribution in [-0.4, -0.2) is 35.9 Å². The molecule has 0 unspecified atom stereocenters. The Morgan fingerprint density at radius 2 is 2.47 bits per heavy atom. The Morgan fingerprint density at radius 3 is 3.00 bits per heavy atom. The molecule has 6 heteroatoms. The summed E-state index contributed by atoms with van der Waals surface area (Å²) in [5, 5.41) is 6.82. The molecule has 5 nitrogen and oxygen atoms in total. The molecule has 0 saturated heterocycles. The molecule has 1 aromatic rings. The number of nitrogens with one attached hydrogen (secondary N) is 1. The van der Waals surface area contributed by atoms with E-state index < -0.39 is 0 Å². The molecule has 0 saturated carbocycles. The van der Waals surface area contributed by atoms with Gasteiger partial charge in [-0.15, -0.1) is 0 Å². The first kappa shape index (κ1) is 12.4. The smallest absolute Gasteiger partial charge is 0.270 e. The molecule has 0 radical (unpaired) electrons. The van der Waals surface area contributed by atoms with Gasteiger partial charge in [-0.25, -0.2) is 0 Å². The van der Waals surface area contributed by atoms with Crippen LogP contribution in [0.25, 0.3) is 0 Å². The molecule has 0 bridgehead atoms. The summed E-state index contributed by atoms with van der Waals surface area (Å²) in [5.74, 6) is -0.0875. The van der Waals surface area contributed by atoms with Crippen LogP contribution in [0.3, 0.4) is 0 Å². The van der Waals surface area contributed by atoms with E-state index in [9.17, 15) is 4.79 Å². The van der Waals surface area contributed by atoms with Crippen molar-refractivity contribution in [2.45, 2.75) is 6.42 Å². The number of carbonyl (C=O) groups is 1. The molecule has 0 atom stereocenters. The normalized spacial score (nSPS) is 10.3. The number of halogens is 1. The van der Waals surface area contributed by atoms with Crippen LogP contribution in [0.4, 0.5) is 0 Å². The van der Waals surface area contributed by atoms with Gasteiger partial charge in [-0.3, -0.25) is 9.48 Å². The molecule has 15 heavy (non-hydrogen) atoms. The third-order valence-corrected chi connectivity index (χ3v) is 2.71. The average Bonchev–Trinajstić information content (AvgIpc) is 2.53. The van der Waals surface area contributed by atoms with Crippen LogP contribution < -0.4 is 5.32 Å². The molecule has 1 amide bonds. The van der Waals surface area contributed by atoms with Crippen molar-refractivity contribution >= 4 is 28.5 Å². The number of methoxy groups -OCH3 is 1. The summed E-state index contributed by atoms with van der Waals surface area (Å²) in [5.41, 5.74) is 0.605. The lowest BCUT2D eigenvalue weighted by Gasteiger charge is -2.05. The third kappa shape index (κ3) is 3.45. The van der Waals surface area contributed by atoms with Gasteiger partial charge in [0.05, 0.1) is 9.77 Å². The van der Waals surface area contributed by atoms with Crippen molar-refractivity contribution in [1.29, 1.82) is 0 Å². The minimum atomic E-state index is -0.0875. The van der Waals surface area contributed by atoms with Crippen LogP contribution >= 0.6 is 22.6 Å². The molecule has 0 fully saturated rings. The molecule has 1 N–H and O–H groups in total. The van der Waals surface area contributed by atoms with Gasteiger partial charge in [-0.05, 0) is 29.0 Å². The number of ether oxygens (including phenoxy) is 1. The first-order chi connectivity index (χ1) is 7.16. The summed E-state index contributed by atoms with van der Waals surface area (Å²) in [7, 11) is 3.40. The molecule has 1 heterocycles. The largest absolute Gasteiger partial charge is 0.385 e. The van der Waals surface area contributed by atoms with Crippen molar-refractivity contribution in [2.24, 2.45) is 7.05 Å². The fourth-order valence-electron chi connectivity index (χ4n) is 1.17. The lowest BCUT2D eigenvalue weighted by atomic mass is 10.3. The quantitative estimate of drug-likeness (QED) is 0.644. The monoisotopic (exact) mass is 323 g/mol. The maximum Gasteiger partial charge on any atom is 0.270 e. The second kappa shape index (κ2) is 6.06. The highest BCUT2D eigenvalue weighted by molar-refractivity contribution is 14.1. The van der Waals surface area contributed by atoms with Crippen LogP contribution in [0.1, 0.15) is 16.9 Å². The molecule has 1 rings (SSSR count). The van der Waals surface area contributed by atoms with Crippen molar-refractivity contribution in [3.63, 3.8) is 0 Å². The zero-order chi connectivity index (χ0) is 11.3. The van der Waals surface area contributed by atoms with E-state index in [-0.39, 0.29) is 5.91 Å². The van der Waals surface area contributed by atoms with E-state index in [2.05, 4.69) is 33.0 Å². The van der Waals surface area contributed by atoms with Crippen LogP contribution in [0, 0.1) is 3.57 Å². The maximum absolute atomic E-state index is 11.7. The van der Waals surface area contributed by atoms with E-state index in [4.69, 9.17) is 4.74 Å². The van der Waals surface area contributed by atoms with Gasteiger partial charge >= 0.3 is 0 Å². The molecule has 0 aliphatic heterocycles. The Bertz CT molecular complexity index is 319. The molecular weight excluding hydrogens is 309 g/mol. The number of carbonyl (C=O) groups excluding carboxylic acids is 1. The number of rotatable bonds is 5. The predicted octanol–water partition coefficient (Wildman–Crippen LogP) is 0.791. The number of nitrogens with zero attached hydrogens (tertiary/aromatic N) is 2. The van der Waals surface area contributed by atoms with Crippen LogP contribution in [0.5, 0.6) is 0 Å².